The highest BCUT2D eigenvalue weighted by Gasteiger charge is 2.20. The molecular formula is C24H39NO4. The molecule has 5 heteroatoms. The number of benzene rings is 1. The highest BCUT2D eigenvalue weighted by Crippen LogP contribution is 2.17. The molecule has 29 heavy (non-hydrogen) atoms. The first-order valence-corrected chi connectivity index (χ1v) is 11.3. The van der Waals surface area contributed by atoms with Gasteiger partial charge in [-0.15, -0.1) is 0 Å². The summed E-state index contributed by atoms with van der Waals surface area (Å²) >= 11 is 0. The van der Waals surface area contributed by atoms with Gasteiger partial charge in [0, 0.05) is 5.69 Å². The molecule has 0 spiro atoms. The molecule has 0 unspecified atom stereocenters. The first-order chi connectivity index (χ1) is 14.1. The number of anilines is 1. The summed E-state index contributed by atoms with van der Waals surface area (Å²) < 4.78 is 10.7. The molecule has 0 radical (unpaired) electrons. The molecule has 2 N–H and O–H groups in total. The number of ether oxygens (including phenoxy) is 2. The predicted octanol–water partition coefficient (Wildman–Crippen LogP) is 6.30. The lowest BCUT2D eigenvalue weighted by atomic mass is 10.1. The van der Waals surface area contributed by atoms with Gasteiger partial charge < -0.3 is 15.2 Å². The molecule has 0 atom stereocenters. The molecule has 1 rings (SSSR count). The Morgan fingerprint density at radius 3 is 1.66 bits per heavy atom. The summed E-state index contributed by atoms with van der Waals surface area (Å²) in [6.07, 6.45) is 13.4. The van der Waals surface area contributed by atoms with Crippen LogP contribution in [0.2, 0.25) is 0 Å². The Labute approximate surface area is 176 Å². The van der Waals surface area contributed by atoms with E-state index in [1.165, 1.54) is 44.6 Å². The maximum atomic E-state index is 12.4. The van der Waals surface area contributed by atoms with Crippen LogP contribution in [-0.2, 0) is 9.47 Å². The van der Waals surface area contributed by atoms with E-state index >= 15 is 0 Å². The molecule has 0 aliphatic heterocycles. The Bertz CT molecular complexity index is 601. The Morgan fingerprint density at radius 2 is 1.14 bits per heavy atom. The normalized spacial score (nSPS) is 10.7. The van der Waals surface area contributed by atoms with Gasteiger partial charge in [0.25, 0.3) is 0 Å². The van der Waals surface area contributed by atoms with Crippen LogP contribution in [0.1, 0.15) is 112 Å². The molecule has 0 saturated heterocycles. The van der Waals surface area contributed by atoms with E-state index < -0.39 is 11.9 Å². The SMILES string of the molecule is CCCCCCCCOC(=O)c1ccc(N)cc1C(=O)OCCCCCCCC. The fraction of sp³-hybridized carbons (Fsp3) is 0.667. The second-order valence-corrected chi connectivity index (χ2v) is 7.61. The van der Waals surface area contributed by atoms with Crippen molar-refractivity contribution in [3.8, 4) is 0 Å². The van der Waals surface area contributed by atoms with E-state index in [4.69, 9.17) is 15.2 Å². The lowest BCUT2D eigenvalue weighted by Crippen LogP contribution is -2.15. The number of carbonyl (C=O) groups is 2. The fourth-order valence-corrected chi connectivity index (χ4v) is 3.16. The van der Waals surface area contributed by atoms with Gasteiger partial charge in [0.15, 0.2) is 0 Å². The third-order valence-electron chi connectivity index (χ3n) is 4.95. The van der Waals surface area contributed by atoms with Gasteiger partial charge in [0.05, 0.1) is 24.3 Å². The summed E-state index contributed by atoms with van der Waals surface area (Å²) in [6, 6.07) is 4.64. The van der Waals surface area contributed by atoms with E-state index in [1.807, 2.05) is 0 Å². The third-order valence-corrected chi connectivity index (χ3v) is 4.95. The smallest absolute Gasteiger partial charge is 0.339 e. The topological polar surface area (TPSA) is 78.6 Å². The number of nitrogen functional groups attached to an aromatic ring is 1. The molecule has 0 bridgehead atoms. The zero-order valence-electron chi connectivity index (χ0n) is 18.3. The number of esters is 2. The van der Waals surface area contributed by atoms with Gasteiger partial charge in [-0.2, -0.15) is 0 Å². The number of hydrogen-bond donors (Lipinski definition) is 1. The molecule has 164 valence electrons. The highest BCUT2D eigenvalue weighted by molar-refractivity contribution is 6.03. The van der Waals surface area contributed by atoms with Crippen LogP contribution in [0.5, 0.6) is 0 Å². The zero-order valence-corrected chi connectivity index (χ0v) is 18.3. The molecule has 0 fully saturated rings. The molecule has 0 aliphatic carbocycles. The zero-order chi connectivity index (χ0) is 21.3. The summed E-state index contributed by atoms with van der Waals surface area (Å²) in [5.74, 6) is -1.01. The fourth-order valence-electron chi connectivity index (χ4n) is 3.16. The van der Waals surface area contributed by atoms with Crippen molar-refractivity contribution in [2.45, 2.75) is 90.9 Å². The highest BCUT2D eigenvalue weighted by atomic mass is 16.5. The summed E-state index contributed by atoms with van der Waals surface area (Å²) in [5.41, 5.74) is 6.63. The predicted molar refractivity (Wildman–Crippen MR) is 118 cm³/mol. The molecule has 0 saturated carbocycles. The van der Waals surface area contributed by atoms with Gasteiger partial charge in [-0.3, -0.25) is 0 Å². The second-order valence-electron chi connectivity index (χ2n) is 7.61. The van der Waals surface area contributed by atoms with Crippen LogP contribution in [0, 0.1) is 0 Å². The number of nitrogens with two attached hydrogens (primary N) is 1. The van der Waals surface area contributed by atoms with E-state index in [0.717, 1.165) is 38.5 Å². The molecule has 0 aromatic heterocycles. The van der Waals surface area contributed by atoms with Gasteiger partial charge in [-0.05, 0) is 31.0 Å². The van der Waals surface area contributed by atoms with Crippen molar-refractivity contribution in [1.29, 1.82) is 0 Å². The largest absolute Gasteiger partial charge is 0.462 e. The van der Waals surface area contributed by atoms with Crippen LogP contribution in [0.3, 0.4) is 0 Å². The average Bonchev–Trinajstić information content (AvgIpc) is 2.72. The van der Waals surface area contributed by atoms with E-state index in [9.17, 15) is 9.59 Å². The summed E-state index contributed by atoms with van der Waals surface area (Å²) in [4.78, 5) is 24.9. The summed E-state index contributed by atoms with van der Waals surface area (Å²) in [7, 11) is 0. The van der Waals surface area contributed by atoms with Gasteiger partial charge in [0.2, 0.25) is 0 Å². The lowest BCUT2D eigenvalue weighted by molar-refractivity contribution is 0.0450. The van der Waals surface area contributed by atoms with Crippen molar-refractivity contribution in [1.82, 2.24) is 0 Å². The van der Waals surface area contributed by atoms with Gasteiger partial charge >= 0.3 is 11.9 Å². The first kappa shape index (κ1) is 25.0. The first-order valence-electron chi connectivity index (χ1n) is 11.3. The van der Waals surface area contributed by atoms with E-state index in [2.05, 4.69) is 13.8 Å². The number of rotatable bonds is 16. The second kappa shape index (κ2) is 15.8. The van der Waals surface area contributed by atoms with Crippen LogP contribution in [0.15, 0.2) is 18.2 Å². The third kappa shape index (κ3) is 10.9. The quantitative estimate of drug-likeness (QED) is 0.198. The standard InChI is InChI=1S/C24H39NO4/c1-3-5-7-9-11-13-17-28-23(26)21-16-15-20(25)19-22(21)24(27)29-18-14-12-10-8-6-4-2/h15-16,19H,3-14,17-18,25H2,1-2H3. The minimum absolute atomic E-state index is 0.184. The number of unbranched alkanes of at least 4 members (excludes halogenated alkanes) is 10. The minimum Gasteiger partial charge on any atom is -0.462 e. The van der Waals surface area contributed by atoms with Crippen LogP contribution < -0.4 is 5.73 Å². The van der Waals surface area contributed by atoms with Crippen LogP contribution in [0.25, 0.3) is 0 Å². The monoisotopic (exact) mass is 405 g/mol. The maximum Gasteiger partial charge on any atom is 0.339 e. The molecule has 0 heterocycles. The van der Waals surface area contributed by atoms with Gasteiger partial charge in [-0.1, -0.05) is 78.1 Å². The van der Waals surface area contributed by atoms with Crippen molar-refractivity contribution in [2.75, 3.05) is 18.9 Å². The Balaban J connectivity index is 2.45. The molecule has 0 aliphatic rings. The summed E-state index contributed by atoms with van der Waals surface area (Å²) in [6.45, 7) is 5.09. The van der Waals surface area contributed by atoms with E-state index in [-0.39, 0.29) is 11.1 Å². The lowest BCUT2D eigenvalue weighted by Gasteiger charge is -2.11. The Hall–Kier alpha value is -2.04. The van der Waals surface area contributed by atoms with Crippen molar-refractivity contribution >= 4 is 17.6 Å². The Morgan fingerprint density at radius 1 is 0.690 bits per heavy atom. The van der Waals surface area contributed by atoms with E-state index in [0.29, 0.717) is 18.9 Å². The molecule has 1 aromatic rings. The van der Waals surface area contributed by atoms with Crippen molar-refractivity contribution in [3.05, 3.63) is 29.3 Å². The van der Waals surface area contributed by atoms with Crippen molar-refractivity contribution < 1.29 is 19.1 Å². The van der Waals surface area contributed by atoms with Crippen LogP contribution in [0.4, 0.5) is 5.69 Å². The van der Waals surface area contributed by atoms with Crippen molar-refractivity contribution in [3.63, 3.8) is 0 Å². The summed E-state index contributed by atoms with van der Waals surface area (Å²) in [5, 5.41) is 0. The minimum atomic E-state index is -0.516. The van der Waals surface area contributed by atoms with Gasteiger partial charge in [0.1, 0.15) is 0 Å². The molecule has 0 amide bonds. The van der Waals surface area contributed by atoms with Crippen molar-refractivity contribution in [2.24, 2.45) is 0 Å². The Kier molecular flexibility index (Phi) is 13.6. The molecular weight excluding hydrogens is 366 g/mol. The van der Waals surface area contributed by atoms with E-state index in [1.54, 1.807) is 12.1 Å². The maximum absolute atomic E-state index is 12.4. The van der Waals surface area contributed by atoms with Gasteiger partial charge in [-0.25, -0.2) is 9.59 Å². The molecule has 1 aromatic carbocycles. The number of carbonyl (C=O) groups excluding carboxylic acids is 2. The van der Waals surface area contributed by atoms with Crippen LogP contribution >= 0.6 is 0 Å². The average molecular weight is 406 g/mol. The molecule has 5 nitrogen and oxygen atoms in total. The van der Waals surface area contributed by atoms with Crippen LogP contribution in [-0.4, -0.2) is 25.2 Å². The number of hydrogen-bond acceptors (Lipinski definition) is 5.